The second-order valence-corrected chi connectivity index (χ2v) is 8.24. The van der Waals surface area contributed by atoms with Crippen molar-refractivity contribution in [2.24, 2.45) is 7.05 Å². The summed E-state index contributed by atoms with van der Waals surface area (Å²) in [4.78, 5) is 0.329. The van der Waals surface area contributed by atoms with Crippen LogP contribution in [0.1, 0.15) is 18.1 Å². The SMILES string of the molecule is CCc1cc(Br)ccc1S(=O)(=O)NCc1ccc2c(cnn2C)c1. The molecule has 0 spiro atoms. The molecule has 5 nitrogen and oxygen atoms in total. The average molecular weight is 408 g/mol. The summed E-state index contributed by atoms with van der Waals surface area (Å²) >= 11 is 3.38. The number of hydrogen-bond acceptors (Lipinski definition) is 3. The lowest BCUT2D eigenvalue weighted by Crippen LogP contribution is -2.24. The zero-order chi connectivity index (χ0) is 17.3. The van der Waals surface area contributed by atoms with E-state index in [2.05, 4.69) is 25.8 Å². The van der Waals surface area contributed by atoms with Gasteiger partial charge >= 0.3 is 0 Å². The molecule has 0 saturated heterocycles. The molecule has 0 aliphatic carbocycles. The molecular weight excluding hydrogens is 390 g/mol. The van der Waals surface area contributed by atoms with Gasteiger partial charge in [-0.3, -0.25) is 4.68 Å². The van der Waals surface area contributed by atoms with Gasteiger partial charge in [0.15, 0.2) is 0 Å². The van der Waals surface area contributed by atoms with Crippen molar-refractivity contribution >= 4 is 36.9 Å². The fraction of sp³-hybridized carbons (Fsp3) is 0.235. The third kappa shape index (κ3) is 3.38. The van der Waals surface area contributed by atoms with Crippen molar-refractivity contribution in [2.45, 2.75) is 24.8 Å². The molecule has 126 valence electrons. The first-order valence-electron chi connectivity index (χ1n) is 7.59. The fourth-order valence-electron chi connectivity index (χ4n) is 2.67. The van der Waals surface area contributed by atoms with E-state index in [4.69, 9.17) is 0 Å². The Kier molecular flexibility index (Phi) is 4.76. The summed E-state index contributed by atoms with van der Waals surface area (Å²) in [5, 5.41) is 5.19. The summed E-state index contributed by atoms with van der Waals surface area (Å²) in [5.41, 5.74) is 2.71. The van der Waals surface area contributed by atoms with Crippen LogP contribution in [0.4, 0.5) is 0 Å². The van der Waals surface area contributed by atoms with Crippen LogP contribution in [0.25, 0.3) is 10.9 Å². The standard InChI is InChI=1S/C17H18BrN3O2S/c1-3-13-9-15(18)5-7-17(13)24(22,23)20-10-12-4-6-16-14(8-12)11-19-21(16)2/h4-9,11,20H,3,10H2,1-2H3. The van der Waals surface area contributed by atoms with Gasteiger partial charge in [0.05, 0.1) is 16.6 Å². The molecule has 7 heteroatoms. The van der Waals surface area contributed by atoms with Gasteiger partial charge in [0.2, 0.25) is 10.0 Å². The van der Waals surface area contributed by atoms with Crippen LogP contribution in [0.3, 0.4) is 0 Å². The number of nitrogens with zero attached hydrogens (tertiary/aromatic N) is 2. The van der Waals surface area contributed by atoms with E-state index in [1.165, 1.54) is 0 Å². The Balaban J connectivity index is 1.84. The van der Waals surface area contributed by atoms with Crippen LogP contribution >= 0.6 is 15.9 Å². The highest BCUT2D eigenvalue weighted by molar-refractivity contribution is 9.10. The first kappa shape index (κ1) is 17.1. The lowest BCUT2D eigenvalue weighted by Gasteiger charge is -2.11. The smallest absolute Gasteiger partial charge is 0.241 e. The minimum absolute atomic E-state index is 0.242. The highest BCUT2D eigenvalue weighted by Gasteiger charge is 2.17. The second kappa shape index (κ2) is 6.66. The van der Waals surface area contributed by atoms with Gasteiger partial charge in [0.25, 0.3) is 0 Å². The van der Waals surface area contributed by atoms with E-state index in [-0.39, 0.29) is 6.54 Å². The number of benzene rings is 2. The Morgan fingerprint density at radius 2 is 2.00 bits per heavy atom. The van der Waals surface area contributed by atoms with Crippen LogP contribution in [-0.2, 0) is 30.0 Å². The first-order chi connectivity index (χ1) is 11.4. The van der Waals surface area contributed by atoms with Crippen LogP contribution in [0, 0.1) is 0 Å². The number of aryl methyl sites for hydroxylation is 2. The number of aromatic nitrogens is 2. The van der Waals surface area contributed by atoms with E-state index >= 15 is 0 Å². The van der Waals surface area contributed by atoms with Crippen molar-refractivity contribution in [3.05, 3.63) is 58.2 Å². The molecule has 1 aromatic heterocycles. The predicted molar refractivity (Wildman–Crippen MR) is 98.3 cm³/mol. The number of halogens is 1. The molecule has 0 aliphatic rings. The Labute approximate surface area is 149 Å². The molecule has 2 aromatic carbocycles. The normalized spacial score (nSPS) is 12.0. The quantitative estimate of drug-likeness (QED) is 0.704. The zero-order valence-electron chi connectivity index (χ0n) is 13.5. The predicted octanol–water partition coefficient (Wildman–Crippen LogP) is 3.38. The molecular formula is C17H18BrN3O2S. The molecule has 0 bridgehead atoms. The topological polar surface area (TPSA) is 64.0 Å². The number of nitrogens with one attached hydrogen (secondary N) is 1. The Hall–Kier alpha value is -1.70. The van der Waals surface area contributed by atoms with Gasteiger partial charge in [0.1, 0.15) is 0 Å². The Bertz CT molecular complexity index is 996. The van der Waals surface area contributed by atoms with Gasteiger partial charge in [-0.2, -0.15) is 5.10 Å². The molecule has 0 amide bonds. The van der Waals surface area contributed by atoms with Crippen molar-refractivity contribution in [2.75, 3.05) is 0 Å². The molecule has 1 heterocycles. The van der Waals surface area contributed by atoms with Crippen molar-refractivity contribution in [1.29, 1.82) is 0 Å². The zero-order valence-corrected chi connectivity index (χ0v) is 15.9. The summed E-state index contributed by atoms with van der Waals surface area (Å²) < 4.78 is 30.6. The van der Waals surface area contributed by atoms with E-state index in [9.17, 15) is 8.42 Å². The molecule has 0 atom stereocenters. The van der Waals surface area contributed by atoms with E-state index in [1.807, 2.05) is 38.2 Å². The summed E-state index contributed by atoms with van der Waals surface area (Å²) in [6.07, 6.45) is 2.43. The number of rotatable bonds is 5. The average Bonchev–Trinajstić information content (AvgIpc) is 2.93. The molecule has 0 aliphatic heterocycles. The molecule has 24 heavy (non-hydrogen) atoms. The molecule has 3 aromatic rings. The summed E-state index contributed by atoms with van der Waals surface area (Å²) in [5.74, 6) is 0. The molecule has 3 rings (SSSR count). The Morgan fingerprint density at radius 3 is 2.75 bits per heavy atom. The molecule has 0 saturated carbocycles. The maximum Gasteiger partial charge on any atom is 0.241 e. The minimum Gasteiger partial charge on any atom is -0.268 e. The monoisotopic (exact) mass is 407 g/mol. The lowest BCUT2D eigenvalue weighted by atomic mass is 10.1. The highest BCUT2D eigenvalue weighted by Crippen LogP contribution is 2.22. The van der Waals surface area contributed by atoms with Crippen LogP contribution < -0.4 is 4.72 Å². The van der Waals surface area contributed by atoms with Gasteiger partial charge in [-0.05, 0) is 47.9 Å². The highest BCUT2D eigenvalue weighted by atomic mass is 79.9. The maximum atomic E-state index is 12.6. The second-order valence-electron chi connectivity index (χ2n) is 5.59. The van der Waals surface area contributed by atoms with Crippen LogP contribution in [0.2, 0.25) is 0 Å². The van der Waals surface area contributed by atoms with E-state index in [0.29, 0.717) is 11.3 Å². The first-order valence-corrected chi connectivity index (χ1v) is 9.87. The molecule has 0 unspecified atom stereocenters. The van der Waals surface area contributed by atoms with Crippen molar-refractivity contribution in [1.82, 2.24) is 14.5 Å². The van der Waals surface area contributed by atoms with E-state index < -0.39 is 10.0 Å². The van der Waals surface area contributed by atoms with Gasteiger partial charge in [-0.15, -0.1) is 0 Å². The van der Waals surface area contributed by atoms with Crippen molar-refractivity contribution in [3.8, 4) is 0 Å². The summed E-state index contributed by atoms with van der Waals surface area (Å²) in [7, 11) is -1.68. The third-order valence-electron chi connectivity index (χ3n) is 3.97. The van der Waals surface area contributed by atoms with Gasteiger partial charge in [0, 0.05) is 23.5 Å². The number of sulfonamides is 1. The Morgan fingerprint density at radius 1 is 1.21 bits per heavy atom. The van der Waals surface area contributed by atoms with E-state index in [1.54, 1.807) is 23.0 Å². The number of hydrogen-bond donors (Lipinski definition) is 1. The maximum absolute atomic E-state index is 12.6. The van der Waals surface area contributed by atoms with Gasteiger partial charge < -0.3 is 0 Å². The molecule has 0 radical (unpaired) electrons. The lowest BCUT2D eigenvalue weighted by molar-refractivity contribution is 0.580. The van der Waals surface area contributed by atoms with Crippen molar-refractivity contribution in [3.63, 3.8) is 0 Å². The van der Waals surface area contributed by atoms with Gasteiger partial charge in [-0.1, -0.05) is 28.9 Å². The summed E-state index contributed by atoms with van der Waals surface area (Å²) in [6.45, 7) is 2.18. The van der Waals surface area contributed by atoms with Crippen LogP contribution in [0.5, 0.6) is 0 Å². The van der Waals surface area contributed by atoms with Crippen LogP contribution in [-0.4, -0.2) is 18.2 Å². The largest absolute Gasteiger partial charge is 0.268 e. The van der Waals surface area contributed by atoms with Gasteiger partial charge in [-0.25, -0.2) is 13.1 Å². The molecule has 1 N–H and O–H groups in total. The van der Waals surface area contributed by atoms with Crippen LogP contribution in [0.15, 0.2) is 52.0 Å². The summed E-state index contributed by atoms with van der Waals surface area (Å²) in [6, 6.07) is 11.0. The number of fused-ring (bicyclic) bond motifs is 1. The fourth-order valence-corrected chi connectivity index (χ4v) is 4.38. The molecule has 0 fully saturated rings. The minimum atomic E-state index is -3.56. The van der Waals surface area contributed by atoms with Crippen molar-refractivity contribution < 1.29 is 8.42 Å². The third-order valence-corrected chi connectivity index (χ3v) is 5.96. The van der Waals surface area contributed by atoms with E-state index in [0.717, 1.165) is 26.5 Å².